The van der Waals surface area contributed by atoms with Gasteiger partial charge in [0, 0.05) is 69.3 Å². The van der Waals surface area contributed by atoms with E-state index >= 15 is 0 Å². The normalized spacial score (nSPS) is 15.7. The van der Waals surface area contributed by atoms with E-state index in [0.717, 1.165) is 50.6 Å². The highest BCUT2D eigenvalue weighted by atomic mass is 19.1. The minimum absolute atomic E-state index is 0.202. The molecule has 1 aliphatic carbocycles. The fourth-order valence-electron chi connectivity index (χ4n) is 9.94. The first-order chi connectivity index (χ1) is 36.3. The Balaban J connectivity index is 0.000000171. The van der Waals surface area contributed by atoms with Gasteiger partial charge in [-0.25, -0.2) is 14.8 Å². The van der Waals surface area contributed by atoms with E-state index in [2.05, 4.69) is 57.2 Å². The second kappa shape index (κ2) is 21.0. The summed E-state index contributed by atoms with van der Waals surface area (Å²) in [5.41, 5.74) is 5.83. The van der Waals surface area contributed by atoms with Gasteiger partial charge in [-0.15, -0.1) is 0 Å². The first kappa shape index (κ1) is 49.8. The van der Waals surface area contributed by atoms with Gasteiger partial charge in [0.2, 0.25) is 11.9 Å². The molecule has 75 heavy (non-hydrogen) atoms. The van der Waals surface area contributed by atoms with Crippen LogP contribution in [-0.4, -0.2) is 83.2 Å². The van der Waals surface area contributed by atoms with E-state index in [0.29, 0.717) is 96.6 Å². The SMILES string of the molecule is CCN1c2ncc(CCOc3ccc(/C=C/C(=O)O)c4ccccc34)cc2C(=O)N(C)c2ccc(F)nc21.CCN1c2ncc(CCOc3ccc(C4CC4C)c4ccccc34)cc2C(=O)N(C)c2ccc(F)nc21. The zero-order valence-corrected chi connectivity index (χ0v) is 42.1. The number of nitrogens with zero attached hydrogens (tertiary/aromatic N) is 8. The highest BCUT2D eigenvalue weighted by Crippen LogP contribution is 2.50. The molecule has 2 amide bonds. The number of aliphatic carboxylic acids is 1. The zero-order valence-electron chi connectivity index (χ0n) is 42.1. The minimum atomic E-state index is -1.01. The molecule has 0 bridgehead atoms. The Bertz CT molecular complexity index is 3570. The number of halogens is 2. The number of carbonyl (C=O) groups is 3. The summed E-state index contributed by atoms with van der Waals surface area (Å²) in [5.74, 6) is 1.88. The molecule has 4 aromatic heterocycles. The lowest BCUT2D eigenvalue weighted by Crippen LogP contribution is -2.25. The van der Waals surface area contributed by atoms with Crippen LogP contribution >= 0.6 is 0 Å². The third-order valence-electron chi connectivity index (χ3n) is 14.0. The van der Waals surface area contributed by atoms with Gasteiger partial charge in [-0.05, 0) is 120 Å². The molecule has 6 heterocycles. The predicted octanol–water partition coefficient (Wildman–Crippen LogP) is 11.5. The van der Waals surface area contributed by atoms with Crippen molar-refractivity contribution in [2.45, 2.75) is 46.0 Å². The van der Waals surface area contributed by atoms with Crippen LogP contribution in [0.2, 0.25) is 0 Å². The van der Waals surface area contributed by atoms with E-state index < -0.39 is 17.9 Å². The summed E-state index contributed by atoms with van der Waals surface area (Å²) in [6, 6.07) is 33.3. The molecule has 1 fully saturated rings. The van der Waals surface area contributed by atoms with Gasteiger partial charge in [-0.2, -0.15) is 18.7 Å². The quantitative estimate of drug-likeness (QED) is 0.0863. The van der Waals surface area contributed by atoms with E-state index in [4.69, 9.17) is 14.6 Å². The van der Waals surface area contributed by atoms with Crippen LogP contribution in [0.3, 0.4) is 0 Å². The molecule has 2 unspecified atom stereocenters. The van der Waals surface area contributed by atoms with Gasteiger partial charge in [0.15, 0.2) is 11.6 Å². The van der Waals surface area contributed by atoms with E-state index in [-0.39, 0.29) is 11.8 Å². The summed E-state index contributed by atoms with van der Waals surface area (Å²) < 4.78 is 40.3. The van der Waals surface area contributed by atoms with Crippen LogP contribution in [0.5, 0.6) is 11.5 Å². The van der Waals surface area contributed by atoms with Crippen LogP contribution in [0.1, 0.15) is 76.1 Å². The van der Waals surface area contributed by atoms with E-state index in [1.807, 2.05) is 62.4 Å². The maximum atomic E-state index is 14.0. The number of aromatic nitrogens is 4. The lowest BCUT2D eigenvalue weighted by atomic mass is 9.99. The van der Waals surface area contributed by atoms with Crippen LogP contribution in [0, 0.1) is 17.8 Å². The third-order valence-corrected chi connectivity index (χ3v) is 14.0. The molecule has 1 saturated carbocycles. The maximum Gasteiger partial charge on any atom is 0.328 e. The van der Waals surface area contributed by atoms with Crippen molar-refractivity contribution in [1.29, 1.82) is 0 Å². The smallest absolute Gasteiger partial charge is 0.328 e. The van der Waals surface area contributed by atoms with Crippen molar-refractivity contribution < 1.29 is 37.7 Å². The van der Waals surface area contributed by atoms with Crippen LogP contribution in [-0.2, 0) is 17.6 Å². The van der Waals surface area contributed by atoms with Gasteiger partial charge in [-0.1, -0.05) is 67.6 Å². The van der Waals surface area contributed by atoms with Crippen molar-refractivity contribution in [3.8, 4) is 11.5 Å². The monoisotopic (exact) mass is 1010 g/mol. The largest absolute Gasteiger partial charge is 0.493 e. The summed E-state index contributed by atoms with van der Waals surface area (Å²) >= 11 is 0. The molecule has 8 aromatic rings. The van der Waals surface area contributed by atoms with Crippen LogP contribution in [0.4, 0.5) is 43.4 Å². The average molecular weight is 1010 g/mol. The molecule has 0 saturated heterocycles. The van der Waals surface area contributed by atoms with Crippen molar-refractivity contribution in [2.75, 3.05) is 60.0 Å². The predicted molar refractivity (Wildman–Crippen MR) is 287 cm³/mol. The zero-order chi connectivity index (χ0) is 52.5. The molecule has 0 radical (unpaired) electrons. The van der Waals surface area contributed by atoms with Gasteiger partial charge in [0.1, 0.15) is 23.1 Å². The number of pyridine rings is 4. The number of anilines is 6. The molecular formula is C59H54F2N8O6. The number of carbonyl (C=O) groups excluding carboxylic acids is 2. The average Bonchev–Trinajstić information content (AvgIpc) is 4.18. The number of ether oxygens (including phenoxy) is 2. The summed E-state index contributed by atoms with van der Waals surface area (Å²) in [4.78, 5) is 61.4. The third kappa shape index (κ3) is 9.90. The molecule has 0 spiro atoms. The van der Waals surface area contributed by atoms with Crippen molar-refractivity contribution in [2.24, 2.45) is 5.92 Å². The van der Waals surface area contributed by atoms with Crippen molar-refractivity contribution in [3.63, 3.8) is 0 Å². The van der Waals surface area contributed by atoms with Crippen molar-refractivity contribution >= 4 is 80.1 Å². The number of benzene rings is 4. The molecule has 3 aliphatic rings. The van der Waals surface area contributed by atoms with Gasteiger partial charge in [0.25, 0.3) is 11.8 Å². The van der Waals surface area contributed by atoms with Crippen LogP contribution < -0.4 is 29.1 Å². The molecule has 16 heteroatoms. The summed E-state index contributed by atoms with van der Waals surface area (Å²) in [5, 5.41) is 13.1. The highest BCUT2D eigenvalue weighted by molar-refractivity contribution is 6.13. The number of carboxylic acids is 1. The van der Waals surface area contributed by atoms with E-state index in [1.54, 1.807) is 60.6 Å². The lowest BCUT2D eigenvalue weighted by Gasteiger charge is -2.22. The van der Waals surface area contributed by atoms with Crippen LogP contribution in [0.15, 0.2) is 128 Å². The van der Waals surface area contributed by atoms with Gasteiger partial charge in [0.05, 0.1) is 35.7 Å². The fourth-order valence-corrected chi connectivity index (χ4v) is 9.94. The summed E-state index contributed by atoms with van der Waals surface area (Å²) in [6.45, 7) is 7.87. The molecule has 1 N–H and O–H groups in total. The Labute approximate surface area is 432 Å². The fraction of sp³-hybridized carbons (Fsp3) is 0.237. The second-order valence-corrected chi connectivity index (χ2v) is 18.7. The van der Waals surface area contributed by atoms with Gasteiger partial charge in [-0.3, -0.25) is 9.59 Å². The molecule has 2 atom stereocenters. The van der Waals surface area contributed by atoms with E-state index in [9.17, 15) is 23.2 Å². The Morgan fingerprint density at radius 1 is 0.653 bits per heavy atom. The van der Waals surface area contributed by atoms with Crippen molar-refractivity contribution in [3.05, 3.63) is 173 Å². The summed E-state index contributed by atoms with van der Waals surface area (Å²) in [6.07, 6.45) is 8.47. The minimum Gasteiger partial charge on any atom is -0.493 e. The number of hydrogen-bond acceptors (Lipinski definition) is 11. The number of rotatable bonds is 13. The van der Waals surface area contributed by atoms with Crippen molar-refractivity contribution in [1.82, 2.24) is 19.9 Å². The van der Waals surface area contributed by atoms with Gasteiger partial charge >= 0.3 is 5.97 Å². The number of fused-ring (bicyclic) bond motifs is 6. The molecule has 380 valence electrons. The standard InChI is InChI=1S/C30H29FN4O2.C29H25FN4O4/c1-4-35-28-24(30(36)34(3)25-10-12-27(31)33-29(25)35)16-19(17-32-28)13-14-37-26-11-9-21(23-15-18(23)2)20-7-5-6-8-22(20)26;1-3-34-27-22(29(37)33(2)23-10-12-25(30)32-28(23)34)16-18(17-31-27)14-15-38-24-11-8-19(9-13-26(35)36)20-6-4-5-7-21(20)24/h5-12,16-18,23H,4,13-15H2,1-3H3;4-13,16-17H,3,14-15H2,1-2H3,(H,35,36)/b;13-9+. The first-order valence-electron chi connectivity index (χ1n) is 25.0. The summed E-state index contributed by atoms with van der Waals surface area (Å²) in [7, 11) is 3.32. The molecule has 14 nitrogen and oxygen atoms in total. The Morgan fingerprint density at radius 2 is 1.12 bits per heavy atom. The molecule has 2 aliphatic heterocycles. The Morgan fingerprint density at radius 3 is 1.60 bits per heavy atom. The second-order valence-electron chi connectivity index (χ2n) is 18.7. The molecule has 4 aromatic carbocycles. The number of amides is 2. The number of hydrogen-bond donors (Lipinski definition) is 1. The molecule has 11 rings (SSSR count). The first-order valence-corrected chi connectivity index (χ1v) is 25.0. The molecular weight excluding hydrogens is 955 g/mol. The highest BCUT2D eigenvalue weighted by Gasteiger charge is 2.36. The Kier molecular flexibility index (Phi) is 13.9. The van der Waals surface area contributed by atoms with Gasteiger partial charge < -0.3 is 34.2 Å². The Hall–Kier alpha value is -8.79. The topological polar surface area (TPSA) is 154 Å². The maximum absolute atomic E-state index is 14.0. The number of carboxylic acid groups (broad SMARTS) is 1. The van der Waals surface area contributed by atoms with Crippen LogP contribution in [0.25, 0.3) is 27.6 Å². The lowest BCUT2D eigenvalue weighted by molar-refractivity contribution is -0.131. The van der Waals surface area contributed by atoms with E-state index in [1.165, 1.54) is 39.3 Å².